The summed E-state index contributed by atoms with van der Waals surface area (Å²) in [5.41, 5.74) is 0. The quantitative estimate of drug-likeness (QED) is 0.292. The average molecular weight is 438 g/mol. The first-order chi connectivity index (χ1) is 8.91. The van der Waals surface area contributed by atoms with Crippen LogP contribution in [-0.4, -0.2) is 23.5 Å². The first kappa shape index (κ1) is 47.2. The van der Waals surface area contributed by atoms with Crippen LogP contribution in [0.1, 0.15) is 53.9 Å². The Labute approximate surface area is 241 Å². The van der Waals surface area contributed by atoms with E-state index in [1.54, 1.807) is 6.92 Å². The Hall–Kier alpha value is 4.26. The van der Waals surface area contributed by atoms with E-state index < -0.39 is 27.5 Å². The topological polar surface area (TPSA) is 147 Å². The van der Waals surface area contributed by atoms with E-state index in [0.29, 0.717) is 12.8 Å². The molecule has 0 aliphatic rings. The van der Waals surface area contributed by atoms with Gasteiger partial charge >= 0.3 is 118 Å². The van der Waals surface area contributed by atoms with E-state index in [1.807, 2.05) is 13.8 Å². The molecule has 0 bridgehead atoms. The van der Waals surface area contributed by atoms with Gasteiger partial charge in [-0.05, 0) is 18.5 Å². The van der Waals surface area contributed by atoms with Gasteiger partial charge < -0.3 is 33.8 Å². The predicted molar refractivity (Wildman–Crippen MR) is 76.7 cm³/mol. The monoisotopic (exact) mass is 438 g/mol. The molecule has 0 spiro atoms. The van der Waals surface area contributed by atoms with Gasteiger partial charge in [-0.15, -0.1) is 0 Å². The van der Waals surface area contributed by atoms with Crippen LogP contribution < -0.4 is 138 Å². The second-order valence-electron chi connectivity index (χ2n) is 4.92. The molecule has 0 aromatic carbocycles. The minimum absolute atomic E-state index is 0. The van der Waals surface area contributed by atoms with Crippen LogP contribution in [0.2, 0.25) is 0 Å². The van der Waals surface area contributed by atoms with Crippen molar-refractivity contribution >= 4 is 15.2 Å². The van der Waals surface area contributed by atoms with Crippen molar-refractivity contribution in [3.05, 3.63) is 0 Å². The molecule has 13 heteroatoms. The first-order valence-electron chi connectivity index (χ1n) is 6.61. The zero-order chi connectivity index (χ0) is 16.4. The van der Waals surface area contributed by atoms with Crippen molar-refractivity contribution in [3.8, 4) is 0 Å². The molecule has 0 amide bonds. The summed E-state index contributed by atoms with van der Waals surface area (Å²) >= 11 is 0. The Balaban J connectivity index is -0.0000000432. The van der Waals surface area contributed by atoms with Crippen LogP contribution in [0.5, 0.6) is 0 Å². The molecule has 25 heavy (non-hydrogen) atoms. The first-order valence-corrected chi connectivity index (χ1v) is 10.1. The van der Waals surface area contributed by atoms with Gasteiger partial charge in [0.25, 0.3) is 0 Å². The smallest absolute Gasteiger partial charge is 0.811 e. The van der Waals surface area contributed by atoms with Crippen LogP contribution in [-0.2, 0) is 9.13 Å². The van der Waals surface area contributed by atoms with Gasteiger partial charge in [-0.2, -0.15) is 0 Å². The molecule has 0 aromatic rings. The van der Waals surface area contributed by atoms with E-state index in [2.05, 4.69) is 0 Å². The molecular weight excluding hydrogens is 410 g/mol. The fraction of sp³-hybridized carbons (Fsp3) is 1.00. The van der Waals surface area contributed by atoms with Gasteiger partial charge in [-0.25, -0.2) is 0 Å². The number of hydrogen-bond donors (Lipinski definition) is 1. The molecule has 7 nitrogen and oxygen atoms in total. The minimum Gasteiger partial charge on any atom is -0.811 e. The molecule has 0 saturated carbocycles. The predicted octanol–water partition coefficient (Wildman–Crippen LogP) is -12.0. The second kappa shape index (κ2) is 26.3. The summed E-state index contributed by atoms with van der Waals surface area (Å²) in [6.07, 6.45) is 0.985. The standard InChI is InChI=1S/C6H15O3P.C5H13O4P.CH4.4Na/c1-3-4-6(2)5-10(7,8)9;1-2-3-5(6)4-10(7,8)9;;;;;/h6H,3-5H2,1-2H3,(H2,7,8,9);5-6H,2-4H2,1H3,(H2,7,8,9);1H4;;;;/q;;;4*+1/p-4. The van der Waals surface area contributed by atoms with Gasteiger partial charge in [-0.1, -0.05) is 62.7 Å². The molecule has 1 N–H and O–H groups in total. The SMILES string of the molecule is C.CCCC(C)CP(=O)([O-])[O-].CCCC(O)CP(=O)([O-])[O-].[Na+].[Na+].[Na+].[Na+]. The molecule has 0 heterocycles. The average Bonchev–Trinajstić information content (AvgIpc) is 2.12. The van der Waals surface area contributed by atoms with Crippen molar-refractivity contribution in [1.29, 1.82) is 0 Å². The van der Waals surface area contributed by atoms with Crippen LogP contribution in [0.4, 0.5) is 0 Å². The zero-order valence-corrected chi connectivity index (χ0v) is 26.0. The van der Waals surface area contributed by atoms with Gasteiger partial charge in [0.2, 0.25) is 0 Å². The van der Waals surface area contributed by atoms with Gasteiger partial charge in [0.15, 0.2) is 0 Å². The van der Waals surface area contributed by atoms with Crippen LogP contribution in [0.3, 0.4) is 0 Å². The molecule has 132 valence electrons. The summed E-state index contributed by atoms with van der Waals surface area (Å²) in [6.45, 7) is 5.56. The van der Waals surface area contributed by atoms with Crippen molar-refractivity contribution in [3.63, 3.8) is 0 Å². The van der Waals surface area contributed by atoms with Crippen molar-refractivity contribution in [2.75, 3.05) is 12.3 Å². The molecule has 0 saturated heterocycles. The van der Waals surface area contributed by atoms with Gasteiger partial charge in [0, 0.05) is 6.16 Å². The third-order valence-electron chi connectivity index (χ3n) is 2.37. The van der Waals surface area contributed by atoms with E-state index in [0.717, 1.165) is 12.8 Å². The fourth-order valence-corrected chi connectivity index (χ4v) is 3.29. The molecule has 0 radical (unpaired) electrons. The fourth-order valence-electron chi connectivity index (χ4n) is 1.65. The summed E-state index contributed by atoms with van der Waals surface area (Å²) in [5, 5.41) is 8.81. The maximum atomic E-state index is 10.2. The van der Waals surface area contributed by atoms with Gasteiger partial charge in [0.05, 0.1) is 6.10 Å². The molecule has 0 rings (SSSR count). The van der Waals surface area contributed by atoms with Gasteiger partial charge in [-0.3, -0.25) is 0 Å². The maximum Gasteiger partial charge on any atom is 1.00 e. The number of rotatable bonds is 8. The van der Waals surface area contributed by atoms with Crippen molar-refractivity contribution in [2.45, 2.75) is 60.0 Å². The normalized spacial score (nSPS) is 12.2. The van der Waals surface area contributed by atoms with Crippen molar-refractivity contribution < 1.29 is 152 Å². The molecule has 0 aliphatic carbocycles. The molecule has 2 atom stereocenters. The number of aliphatic hydroxyl groups excluding tert-OH is 1. The van der Waals surface area contributed by atoms with Crippen molar-refractivity contribution in [2.24, 2.45) is 5.92 Å². The largest absolute Gasteiger partial charge is 1.00 e. The summed E-state index contributed by atoms with van der Waals surface area (Å²) in [4.78, 5) is 40.4. The summed E-state index contributed by atoms with van der Waals surface area (Å²) < 4.78 is 20.2. The third-order valence-corrected chi connectivity index (χ3v) is 4.31. The molecular formula is C12H28Na4O7P2. The second-order valence-corrected chi connectivity index (χ2v) is 8.10. The third kappa shape index (κ3) is 47.5. The van der Waals surface area contributed by atoms with E-state index in [-0.39, 0.29) is 138 Å². The van der Waals surface area contributed by atoms with Crippen LogP contribution in [0.25, 0.3) is 0 Å². The summed E-state index contributed by atoms with van der Waals surface area (Å²) in [5.74, 6) is 0.0193. The van der Waals surface area contributed by atoms with E-state index >= 15 is 0 Å². The van der Waals surface area contributed by atoms with Gasteiger partial charge in [0.1, 0.15) is 0 Å². The Morgan fingerprint density at radius 1 is 0.800 bits per heavy atom. The molecule has 0 fully saturated rings. The Bertz CT molecular complexity index is 307. The van der Waals surface area contributed by atoms with E-state index in [4.69, 9.17) is 5.11 Å². The molecule has 2 unspecified atom stereocenters. The van der Waals surface area contributed by atoms with E-state index in [9.17, 15) is 28.7 Å². The zero-order valence-electron chi connectivity index (χ0n) is 16.2. The molecule has 0 aromatic heterocycles. The minimum atomic E-state index is -4.50. The summed E-state index contributed by atoms with van der Waals surface area (Å²) in [7, 11) is -8.75. The number of aliphatic hydroxyl groups is 1. The maximum absolute atomic E-state index is 10.2. The van der Waals surface area contributed by atoms with Crippen LogP contribution >= 0.6 is 15.2 Å². The summed E-state index contributed by atoms with van der Waals surface area (Å²) in [6, 6.07) is 0. The Morgan fingerprint density at radius 2 is 1.12 bits per heavy atom. The van der Waals surface area contributed by atoms with E-state index in [1.165, 1.54) is 0 Å². The van der Waals surface area contributed by atoms with Crippen LogP contribution in [0, 0.1) is 5.92 Å². The Kier molecular flexibility index (Phi) is 49.6. The Morgan fingerprint density at radius 3 is 1.36 bits per heavy atom. The van der Waals surface area contributed by atoms with Crippen molar-refractivity contribution in [1.82, 2.24) is 0 Å². The molecule has 0 aliphatic heterocycles. The number of hydrogen-bond acceptors (Lipinski definition) is 7. The van der Waals surface area contributed by atoms with Crippen LogP contribution in [0.15, 0.2) is 0 Å².